The Bertz CT molecular complexity index is 506. The molecule has 0 fully saturated rings. The maximum Gasteiger partial charge on any atom is 0.0821 e. The number of nitrogens with one attached hydrogen (secondary N) is 1. The summed E-state index contributed by atoms with van der Waals surface area (Å²) in [6.07, 6.45) is 7.48. The van der Waals surface area contributed by atoms with Crippen molar-refractivity contribution in [3.8, 4) is 0 Å². The first-order valence-corrected chi connectivity index (χ1v) is 7.01. The van der Waals surface area contributed by atoms with Gasteiger partial charge in [-0.3, -0.25) is 4.68 Å². The van der Waals surface area contributed by atoms with Gasteiger partial charge in [0.2, 0.25) is 0 Å². The lowest BCUT2D eigenvalue weighted by molar-refractivity contribution is 0.523. The van der Waals surface area contributed by atoms with E-state index in [1.165, 1.54) is 5.56 Å². The van der Waals surface area contributed by atoms with E-state index in [9.17, 15) is 0 Å². The van der Waals surface area contributed by atoms with Gasteiger partial charge in [0.1, 0.15) is 0 Å². The first-order valence-electron chi connectivity index (χ1n) is 7.01. The highest BCUT2D eigenvalue weighted by atomic mass is 15.3. The molecule has 0 saturated heterocycles. The van der Waals surface area contributed by atoms with E-state index in [0.29, 0.717) is 12.1 Å². The standard InChI is InChI=1S/C15H24N4/c1-5-15(16-4)13-6-8-18(10-13)11-14-7-9-19(17-14)12(2)3/h6-10,12,15-16H,5,11H2,1-4H3. The first kappa shape index (κ1) is 13.9. The van der Waals surface area contributed by atoms with Crippen LogP contribution in [-0.4, -0.2) is 21.4 Å². The predicted octanol–water partition coefficient (Wildman–Crippen LogP) is 2.98. The summed E-state index contributed by atoms with van der Waals surface area (Å²) in [6, 6.07) is 5.14. The van der Waals surface area contributed by atoms with E-state index in [2.05, 4.69) is 60.3 Å². The minimum atomic E-state index is 0.419. The van der Waals surface area contributed by atoms with E-state index >= 15 is 0 Å². The molecule has 2 aromatic heterocycles. The summed E-state index contributed by atoms with van der Waals surface area (Å²) in [5.41, 5.74) is 2.45. The van der Waals surface area contributed by atoms with Gasteiger partial charge in [-0.2, -0.15) is 5.10 Å². The average Bonchev–Trinajstić information content (AvgIpc) is 3.01. The quantitative estimate of drug-likeness (QED) is 0.866. The zero-order valence-corrected chi connectivity index (χ0v) is 12.3. The van der Waals surface area contributed by atoms with Gasteiger partial charge >= 0.3 is 0 Å². The molecule has 0 radical (unpaired) electrons. The van der Waals surface area contributed by atoms with Crippen molar-refractivity contribution in [2.75, 3.05) is 7.05 Å². The van der Waals surface area contributed by atoms with Crippen LogP contribution in [0.15, 0.2) is 30.7 Å². The summed E-state index contributed by atoms with van der Waals surface area (Å²) in [6.45, 7) is 7.31. The summed E-state index contributed by atoms with van der Waals surface area (Å²) in [4.78, 5) is 0. The number of aromatic nitrogens is 3. The third kappa shape index (κ3) is 3.26. The third-order valence-electron chi connectivity index (χ3n) is 3.47. The van der Waals surface area contributed by atoms with Gasteiger partial charge < -0.3 is 9.88 Å². The Morgan fingerprint density at radius 1 is 1.26 bits per heavy atom. The van der Waals surface area contributed by atoms with Crippen LogP contribution in [-0.2, 0) is 6.54 Å². The van der Waals surface area contributed by atoms with Crippen LogP contribution in [0.25, 0.3) is 0 Å². The summed E-state index contributed by atoms with van der Waals surface area (Å²) < 4.78 is 4.20. The van der Waals surface area contributed by atoms with Crippen molar-refractivity contribution in [2.45, 2.75) is 45.8 Å². The molecule has 104 valence electrons. The Labute approximate surface area is 115 Å². The van der Waals surface area contributed by atoms with Crippen molar-refractivity contribution in [1.29, 1.82) is 0 Å². The van der Waals surface area contributed by atoms with Crippen LogP contribution >= 0.6 is 0 Å². The van der Waals surface area contributed by atoms with Gasteiger partial charge in [-0.05, 0) is 45.0 Å². The van der Waals surface area contributed by atoms with Crippen molar-refractivity contribution < 1.29 is 0 Å². The Balaban J connectivity index is 2.06. The number of hydrogen-bond donors (Lipinski definition) is 1. The minimum absolute atomic E-state index is 0.419. The molecule has 2 rings (SSSR count). The summed E-state index contributed by atoms with van der Waals surface area (Å²) in [5.74, 6) is 0. The molecule has 2 aromatic rings. The van der Waals surface area contributed by atoms with Crippen LogP contribution in [0.4, 0.5) is 0 Å². The van der Waals surface area contributed by atoms with E-state index in [1.807, 2.05) is 17.9 Å². The lowest BCUT2D eigenvalue weighted by Crippen LogP contribution is -2.14. The molecule has 1 N–H and O–H groups in total. The molecular weight excluding hydrogens is 236 g/mol. The van der Waals surface area contributed by atoms with E-state index in [-0.39, 0.29) is 0 Å². The SMILES string of the molecule is CCC(NC)c1ccn(Cc2ccn(C(C)C)n2)c1. The van der Waals surface area contributed by atoms with Gasteiger partial charge in [0.05, 0.1) is 12.2 Å². The molecule has 0 spiro atoms. The minimum Gasteiger partial charge on any atom is -0.348 e. The molecule has 0 bridgehead atoms. The Morgan fingerprint density at radius 3 is 2.63 bits per heavy atom. The van der Waals surface area contributed by atoms with Gasteiger partial charge in [0.15, 0.2) is 0 Å². The molecule has 0 amide bonds. The lowest BCUT2D eigenvalue weighted by atomic mass is 10.1. The summed E-state index contributed by atoms with van der Waals surface area (Å²) >= 11 is 0. The highest BCUT2D eigenvalue weighted by Gasteiger charge is 2.09. The Hall–Kier alpha value is -1.55. The average molecular weight is 260 g/mol. The fourth-order valence-corrected chi connectivity index (χ4v) is 2.31. The second kappa shape index (κ2) is 6.06. The van der Waals surface area contributed by atoms with E-state index in [4.69, 9.17) is 0 Å². The predicted molar refractivity (Wildman–Crippen MR) is 78.2 cm³/mol. The molecular formula is C15H24N4. The largest absolute Gasteiger partial charge is 0.348 e. The van der Waals surface area contributed by atoms with Crippen molar-refractivity contribution >= 4 is 0 Å². The molecule has 19 heavy (non-hydrogen) atoms. The molecule has 0 aliphatic heterocycles. The third-order valence-corrected chi connectivity index (χ3v) is 3.47. The first-order chi connectivity index (χ1) is 9.13. The zero-order valence-electron chi connectivity index (χ0n) is 12.3. The van der Waals surface area contributed by atoms with E-state index in [0.717, 1.165) is 18.7 Å². The summed E-state index contributed by atoms with van der Waals surface area (Å²) in [5, 5.41) is 7.91. The van der Waals surface area contributed by atoms with Gasteiger partial charge in [-0.25, -0.2) is 0 Å². The molecule has 1 atom stereocenters. The van der Waals surface area contributed by atoms with Gasteiger partial charge in [0.25, 0.3) is 0 Å². The zero-order chi connectivity index (χ0) is 13.8. The van der Waals surface area contributed by atoms with Crippen LogP contribution in [0.5, 0.6) is 0 Å². The molecule has 0 aliphatic carbocycles. The van der Waals surface area contributed by atoms with Gasteiger partial charge in [-0.15, -0.1) is 0 Å². The molecule has 4 heteroatoms. The number of hydrogen-bond acceptors (Lipinski definition) is 2. The summed E-state index contributed by atoms with van der Waals surface area (Å²) in [7, 11) is 2.01. The maximum absolute atomic E-state index is 4.58. The normalized spacial score (nSPS) is 13.1. The highest BCUT2D eigenvalue weighted by molar-refractivity contribution is 5.16. The smallest absolute Gasteiger partial charge is 0.0821 e. The molecule has 0 aliphatic rings. The molecule has 0 aromatic carbocycles. The second-order valence-corrected chi connectivity index (χ2v) is 5.25. The van der Waals surface area contributed by atoms with Crippen LogP contribution in [0.3, 0.4) is 0 Å². The van der Waals surface area contributed by atoms with Gasteiger partial charge in [-0.1, -0.05) is 6.92 Å². The fraction of sp³-hybridized carbons (Fsp3) is 0.533. The maximum atomic E-state index is 4.58. The van der Waals surface area contributed by atoms with E-state index in [1.54, 1.807) is 0 Å². The number of rotatable bonds is 6. The molecule has 4 nitrogen and oxygen atoms in total. The van der Waals surface area contributed by atoms with Crippen molar-refractivity contribution in [3.63, 3.8) is 0 Å². The topological polar surface area (TPSA) is 34.8 Å². The van der Waals surface area contributed by atoms with Crippen LogP contribution in [0.1, 0.15) is 50.5 Å². The monoisotopic (exact) mass is 260 g/mol. The van der Waals surface area contributed by atoms with E-state index < -0.39 is 0 Å². The Morgan fingerprint density at radius 2 is 2.05 bits per heavy atom. The fourth-order valence-electron chi connectivity index (χ4n) is 2.31. The molecule has 2 heterocycles. The number of nitrogens with zero attached hydrogens (tertiary/aromatic N) is 3. The van der Waals surface area contributed by atoms with Gasteiger partial charge in [0, 0.05) is 30.7 Å². The van der Waals surface area contributed by atoms with Crippen LogP contribution in [0.2, 0.25) is 0 Å². The van der Waals surface area contributed by atoms with Crippen molar-refractivity contribution in [1.82, 2.24) is 19.7 Å². The highest BCUT2D eigenvalue weighted by Crippen LogP contribution is 2.17. The van der Waals surface area contributed by atoms with Crippen LogP contribution in [0, 0.1) is 0 Å². The van der Waals surface area contributed by atoms with Crippen molar-refractivity contribution in [2.24, 2.45) is 0 Å². The molecule has 1 unspecified atom stereocenters. The van der Waals surface area contributed by atoms with Crippen molar-refractivity contribution in [3.05, 3.63) is 42.0 Å². The molecule has 0 saturated carbocycles. The van der Waals surface area contributed by atoms with Crippen LogP contribution < -0.4 is 5.32 Å². The lowest BCUT2D eigenvalue weighted by Gasteiger charge is -2.11. The second-order valence-electron chi connectivity index (χ2n) is 5.25. The Kier molecular flexibility index (Phi) is 4.43.